The molecule has 0 aromatic carbocycles. The minimum absolute atomic E-state index is 1.04. The van der Waals surface area contributed by atoms with E-state index in [-0.39, 0.29) is 0 Å². The monoisotopic (exact) mass is 152 g/mol. The van der Waals surface area contributed by atoms with E-state index in [0.29, 0.717) is 0 Å². The highest BCUT2D eigenvalue weighted by atomic mass is 14.8. The Morgan fingerprint density at radius 1 is 1.27 bits per heavy atom. The average molecular weight is 152 g/mol. The van der Waals surface area contributed by atoms with Gasteiger partial charge >= 0.3 is 0 Å². The van der Waals surface area contributed by atoms with Crippen LogP contribution >= 0.6 is 0 Å². The molecule has 0 heterocycles. The van der Waals surface area contributed by atoms with Gasteiger partial charge in [-0.15, -0.1) is 5.92 Å². The van der Waals surface area contributed by atoms with E-state index >= 15 is 0 Å². The lowest BCUT2D eigenvalue weighted by molar-refractivity contribution is 0.679. The van der Waals surface area contributed by atoms with Gasteiger partial charge in [0.05, 0.1) is 6.54 Å². The van der Waals surface area contributed by atoms with E-state index in [2.05, 4.69) is 24.1 Å². The van der Waals surface area contributed by atoms with Crippen molar-refractivity contribution >= 4 is 0 Å². The summed E-state index contributed by atoms with van der Waals surface area (Å²) in [6, 6.07) is 0. The van der Waals surface area contributed by atoms with Crippen LogP contribution in [0, 0.1) is 18.4 Å². The van der Waals surface area contributed by atoms with Gasteiger partial charge in [-0.05, 0) is 13.5 Å². The summed E-state index contributed by atoms with van der Waals surface area (Å²) >= 11 is 0. The minimum Gasteiger partial charge on any atom is -0.305 e. The maximum absolute atomic E-state index is 3.08. The molecule has 0 amide bonds. The van der Waals surface area contributed by atoms with Crippen molar-refractivity contribution in [2.24, 2.45) is 0 Å². The van der Waals surface area contributed by atoms with Crippen LogP contribution in [0.1, 0.15) is 39.0 Å². The van der Waals surface area contributed by atoms with E-state index in [0.717, 1.165) is 6.42 Å². The molecule has 63 valence electrons. The molecule has 1 heteroatoms. The topological polar surface area (TPSA) is 12.0 Å². The SMILES string of the molecule is CCCCCCC#C[CH]NC. The first kappa shape index (κ1) is 10.5. The average Bonchev–Trinajstić information content (AvgIpc) is 2.03. The van der Waals surface area contributed by atoms with E-state index in [1.807, 2.05) is 7.05 Å². The Morgan fingerprint density at radius 3 is 2.73 bits per heavy atom. The second-order valence-corrected chi connectivity index (χ2v) is 2.56. The van der Waals surface area contributed by atoms with Gasteiger partial charge in [0.15, 0.2) is 0 Å². The number of nitrogens with one attached hydrogen (secondary N) is 1. The molecule has 0 aromatic rings. The van der Waals surface area contributed by atoms with Gasteiger partial charge in [0.1, 0.15) is 0 Å². The van der Waals surface area contributed by atoms with Crippen molar-refractivity contribution in [3.05, 3.63) is 6.54 Å². The van der Waals surface area contributed by atoms with Crippen molar-refractivity contribution in [2.75, 3.05) is 7.05 Å². The van der Waals surface area contributed by atoms with Gasteiger partial charge in [-0.25, -0.2) is 0 Å². The molecule has 0 aliphatic rings. The van der Waals surface area contributed by atoms with Crippen LogP contribution in [0.2, 0.25) is 0 Å². The third kappa shape index (κ3) is 9.52. The molecular formula is C10H18N. The zero-order valence-corrected chi connectivity index (χ0v) is 7.61. The first-order chi connectivity index (χ1) is 5.41. The van der Waals surface area contributed by atoms with E-state index < -0.39 is 0 Å². The van der Waals surface area contributed by atoms with Crippen LogP contribution in [0.25, 0.3) is 0 Å². The first-order valence-corrected chi connectivity index (χ1v) is 4.39. The molecule has 0 bridgehead atoms. The Labute approximate surface area is 70.6 Å². The summed E-state index contributed by atoms with van der Waals surface area (Å²) in [5.41, 5.74) is 0. The fourth-order valence-electron chi connectivity index (χ4n) is 0.836. The van der Waals surface area contributed by atoms with Gasteiger partial charge in [0.2, 0.25) is 0 Å². The summed E-state index contributed by atoms with van der Waals surface area (Å²) in [5, 5.41) is 2.87. The third-order valence-corrected chi connectivity index (χ3v) is 1.47. The highest BCUT2D eigenvalue weighted by Crippen LogP contribution is 2.00. The first-order valence-electron chi connectivity index (χ1n) is 4.39. The number of unbranched alkanes of at least 4 members (excludes halogenated alkanes) is 4. The van der Waals surface area contributed by atoms with Crippen molar-refractivity contribution in [1.29, 1.82) is 0 Å². The number of hydrogen-bond acceptors (Lipinski definition) is 1. The third-order valence-electron chi connectivity index (χ3n) is 1.47. The normalized spacial score (nSPS) is 8.91. The molecule has 0 atom stereocenters. The summed E-state index contributed by atoms with van der Waals surface area (Å²) in [5.74, 6) is 6.00. The minimum atomic E-state index is 1.04. The predicted octanol–water partition coefficient (Wildman–Crippen LogP) is 2.34. The summed E-state index contributed by atoms with van der Waals surface area (Å²) in [6.45, 7) is 4.00. The Bertz CT molecular complexity index is 119. The lowest BCUT2D eigenvalue weighted by atomic mass is 10.2. The fraction of sp³-hybridized carbons (Fsp3) is 0.700. The summed E-state index contributed by atoms with van der Waals surface area (Å²) in [4.78, 5) is 0. The Balaban J connectivity index is 2.96. The molecule has 1 nitrogen and oxygen atoms in total. The number of rotatable bonds is 5. The Kier molecular flexibility index (Phi) is 9.10. The molecule has 0 aliphatic carbocycles. The molecule has 0 unspecified atom stereocenters. The van der Waals surface area contributed by atoms with E-state index in [1.54, 1.807) is 6.54 Å². The standard InChI is InChI=1S/C10H18N/c1-3-4-5-6-7-8-9-10-11-2/h10-11H,3-7H2,1-2H3. The summed E-state index contributed by atoms with van der Waals surface area (Å²) in [6.07, 6.45) is 6.26. The van der Waals surface area contributed by atoms with Crippen LogP contribution in [-0.4, -0.2) is 7.05 Å². The molecular weight excluding hydrogens is 134 g/mol. The molecule has 1 radical (unpaired) electrons. The zero-order chi connectivity index (χ0) is 8.36. The lowest BCUT2D eigenvalue weighted by Gasteiger charge is -1.91. The van der Waals surface area contributed by atoms with Gasteiger partial charge in [0.25, 0.3) is 0 Å². The van der Waals surface area contributed by atoms with Crippen LogP contribution in [0.3, 0.4) is 0 Å². The highest BCUT2D eigenvalue weighted by Gasteiger charge is 1.83. The molecule has 0 fully saturated rings. The van der Waals surface area contributed by atoms with Crippen molar-refractivity contribution < 1.29 is 0 Å². The molecule has 0 spiro atoms. The van der Waals surface area contributed by atoms with Gasteiger partial charge in [-0.1, -0.05) is 32.1 Å². The van der Waals surface area contributed by atoms with Crippen LogP contribution < -0.4 is 5.32 Å². The Morgan fingerprint density at radius 2 is 2.09 bits per heavy atom. The molecule has 0 rings (SSSR count). The predicted molar refractivity (Wildman–Crippen MR) is 49.9 cm³/mol. The molecule has 0 aromatic heterocycles. The van der Waals surface area contributed by atoms with Crippen LogP contribution in [-0.2, 0) is 0 Å². The number of hydrogen-bond donors (Lipinski definition) is 1. The van der Waals surface area contributed by atoms with Crippen molar-refractivity contribution in [3.8, 4) is 11.8 Å². The Hall–Kier alpha value is -0.480. The van der Waals surface area contributed by atoms with Crippen LogP contribution in [0.5, 0.6) is 0 Å². The van der Waals surface area contributed by atoms with Gasteiger partial charge < -0.3 is 5.32 Å². The maximum Gasteiger partial charge on any atom is 0.0956 e. The molecule has 0 saturated carbocycles. The van der Waals surface area contributed by atoms with Crippen LogP contribution in [0.4, 0.5) is 0 Å². The molecule has 0 aliphatic heterocycles. The van der Waals surface area contributed by atoms with Crippen molar-refractivity contribution in [3.63, 3.8) is 0 Å². The zero-order valence-electron chi connectivity index (χ0n) is 7.61. The van der Waals surface area contributed by atoms with Crippen molar-refractivity contribution in [1.82, 2.24) is 5.32 Å². The van der Waals surface area contributed by atoms with Gasteiger partial charge in [-0.3, -0.25) is 0 Å². The van der Waals surface area contributed by atoms with Crippen molar-refractivity contribution in [2.45, 2.75) is 39.0 Å². The van der Waals surface area contributed by atoms with Gasteiger partial charge in [-0.2, -0.15) is 0 Å². The second kappa shape index (κ2) is 9.52. The summed E-state index contributed by atoms with van der Waals surface area (Å²) in [7, 11) is 1.87. The van der Waals surface area contributed by atoms with Crippen LogP contribution in [0.15, 0.2) is 0 Å². The molecule has 11 heavy (non-hydrogen) atoms. The quantitative estimate of drug-likeness (QED) is 0.471. The largest absolute Gasteiger partial charge is 0.305 e. The lowest BCUT2D eigenvalue weighted by Crippen LogP contribution is -1.96. The van der Waals surface area contributed by atoms with E-state index in [1.165, 1.54) is 25.7 Å². The smallest absolute Gasteiger partial charge is 0.0956 e. The second-order valence-electron chi connectivity index (χ2n) is 2.56. The van der Waals surface area contributed by atoms with E-state index in [4.69, 9.17) is 0 Å². The molecule has 1 N–H and O–H groups in total. The summed E-state index contributed by atoms with van der Waals surface area (Å²) < 4.78 is 0. The fourth-order valence-corrected chi connectivity index (χ4v) is 0.836. The highest BCUT2D eigenvalue weighted by molar-refractivity contribution is 5.07. The van der Waals surface area contributed by atoms with Gasteiger partial charge in [0, 0.05) is 6.42 Å². The molecule has 0 saturated heterocycles. The van der Waals surface area contributed by atoms with E-state index in [9.17, 15) is 0 Å². The maximum atomic E-state index is 3.08.